The van der Waals surface area contributed by atoms with Crippen LogP contribution in [0.4, 0.5) is 0 Å². The Hall–Kier alpha value is -1.33. The number of hydrogen-bond donors (Lipinski definition) is 0. The van der Waals surface area contributed by atoms with E-state index in [2.05, 4.69) is 27.6 Å². The summed E-state index contributed by atoms with van der Waals surface area (Å²) in [6, 6.07) is 17.7. The van der Waals surface area contributed by atoms with Gasteiger partial charge in [-0.15, -0.1) is 11.6 Å². The average molecular weight is 396 g/mol. The van der Waals surface area contributed by atoms with E-state index in [1.165, 1.54) is 0 Å². The van der Waals surface area contributed by atoms with Crippen LogP contribution in [0.25, 0.3) is 10.9 Å². The predicted octanol–water partition coefficient (Wildman–Crippen LogP) is 5.37. The molecule has 0 unspecified atom stereocenters. The molecule has 2 aromatic carbocycles. The normalized spacial score (nSPS) is 10.7. The van der Waals surface area contributed by atoms with Gasteiger partial charge in [-0.1, -0.05) is 24.3 Å². The minimum Gasteiger partial charge on any atom is -0.455 e. The predicted molar refractivity (Wildman–Crippen MR) is 90.5 cm³/mol. The lowest BCUT2D eigenvalue weighted by Gasteiger charge is -2.11. The molecule has 0 spiro atoms. The Morgan fingerprint density at radius 2 is 1.75 bits per heavy atom. The molecule has 1 heterocycles. The molecule has 2 nitrogen and oxygen atoms in total. The Balaban J connectivity index is 2.13. The molecule has 0 amide bonds. The van der Waals surface area contributed by atoms with E-state index >= 15 is 0 Å². The van der Waals surface area contributed by atoms with Crippen LogP contribution in [-0.2, 0) is 5.88 Å². The Morgan fingerprint density at radius 1 is 1.00 bits per heavy atom. The van der Waals surface area contributed by atoms with Gasteiger partial charge in [0, 0.05) is 11.5 Å². The summed E-state index contributed by atoms with van der Waals surface area (Å²) in [6.07, 6.45) is 0. The second kappa shape index (κ2) is 5.97. The fraction of sp³-hybridized carbons (Fsp3) is 0.0625. The Kier molecular flexibility index (Phi) is 4.08. The molecule has 3 aromatic rings. The number of hydrogen-bond acceptors (Lipinski definition) is 2. The smallest absolute Gasteiger partial charge is 0.140 e. The van der Waals surface area contributed by atoms with Crippen LogP contribution in [0.2, 0.25) is 0 Å². The van der Waals surface area contributed by atoms with Crippen molar-refractivity contribution in [2.75, 3.05) is 0 Å². The lowest BCUT2D eigenvalue weighted by molar-refractivity contribution is 0.484. The first-order valence-electron chi connectivity index (χ1n) is 6.15. The SMILES string of the molecule is ClCc1cc(Oc2ccccc2I)c2ccccc2n1. The first-order valence-corrected chi connectivity index (χ1v) is 7.76. The van der Waals surface area contributed by atoms with Gasteiger partial charge < -0.3 is 4.74 Å². The summed E-state index contributed by atoms with van der Waals surface area (Å²) in [5, 5.41) is 0.987. The number of halogens is 2. The van der Waals surface area contributed by atoms with Gasteiger partial charge in [0.05, 0.1) is 20.7 Å². The number of rotatable bonds is 3. The molecule has 0 bridgehead atoms. The maximum Gasteiger partial charge on any atom is 0.140 e. The van der Waals surface area contributed by atoms with Crippen molar-refractivity contribution in [1.29, 1.82) is 0 Å². The molecule has 4 heteroatoms. The number of fused-ring (bicyclic) bond motifs is 1. The summed E-state index contributed by atoms with van der Waals surface area (Å²) in [5.41, 5.74) is 1.71. The second-order valence-electron chi connectivity index (χ2n) is 4.29. The van der Waals surface area contributed by atoms with E-state index in [1.807, 2.05) is 54.6 Å². The van der Waals surface area contributed by atoms with Crippen molar-refractivity contribution in [3.63, 3.8) is 0 Å². The van der Waals surface area contributed by atoms with E-state index in [4.69, 9.17) is 16.3 Å². The van der Waals surface area contributed by atoms with Crippen LogP contribution in [0.3, 0.4) is 0 Å². The minimum atomic E-state index is 0.368. The molecule has 0 aliphatic carbocycles. The molecule has 0 radical (unpaired) electrons. The fourth-order valence-electron chi connectivity index (χ4n) is 1.99. The number of ether oxygens (including phenoxy) is 1. The van der Waals surface area contributed by atoms with Crippen molar-refractivity contribution in [3.8, 4) is 11.5 Å². The molecular weight excluding hydrogens is 385 g/mol. The van der Waals surface area contributed by atoms with Crippen molar-refractivity contribution in [2.45, 2.75) is 5.88 Å². The molecule has 20 heavy (non-hydrogen) atoms. The van der Waals surface area contributed by atoms with Gasteiger partial charge in [0.2, 0.25) is 0 Å². The van der Waals surface area contributed by atoms with Gasteiger partial charge in [0.15, 0.2) is 0 Å². The zero-order chi connectivity index (χ0) is 13.9. The van der Waals surface area contributed by atoms with Gasteiger partial charge in [-0.2, -0.15) is 0 Å². The van der Waals surface area contributed by atoms with Crippen molar-refractivity contribution < 1.29 is 4.74 Å². The molecule has 100 valence electrons. The average Bonchev–Trinajstić information content (AvgIpc) is 2.49. The van der Waals surface area contributed by atoms with Crippen LogP contribution in [0.15, 0.2) is 54.6 Å². The third kappa shape index (κ3) is 2.74. The molecule has 0 N–H and O–H groups in total. The second-order valence-corrected chi connectivity index (χ2v) is 5.72. The van der Waals surface area contributed by atoms with Crippen LogP contribution >= 0.6 is 34.2 Å². The van der Waals surface area contributed by atoms with Gasteiger partial charge in [-0.3, -0.25) is 4.98 Å². The number of pyridine rings is 1. The van der Waals surface area contributed by atoms with E-state index < -0.39 is 0 Å². The standard InChI is InChI=1S/C16H11ClINO/c17-10-11-9-16(12-5-1-3-7-14(12)19-11)20-15-8-4-2-6-13(15)18/h1-9H,10H2. The van der Waals surface area contributed by atoms with Crippen LogP contribution in [0.1, 0.15) is 5.69 Å². The monoisotopic (exact) mass is 395 g/mol. The molecule has 3 rings (SSSR count). The third-order valence-electron chi connectivity index (χ3n) is 2.92. The summed E-state index contributed by atoms with van der Waals surface area (Å²) >= 11 is 8.18. The molecule has 0 aliphatic rings. The summed E-state index contributed by atoms with van der Waals surface area (Å²) in [4.78, 5) is 4.50. The first-order chi connectivity index (χ1) is 9.78. The van der Waals surface area contributed by atoms with Crippen molar-refractivity contribution in [3.05, 3.63) is 63.9 Å². The zero-order valence-electron chi connectivity index (χ0n) is 10.5. The molecule has 0 saturated carbocycles. The highest BCUT2D eigenvalue weighted by atomic mass is 127. The number of alkyl halides is 1. The van der Waals surface area contributed by atoms with Crippen molar-refractivity contribution in [1.82, 2.24) is 4.98 Å². The van der Waals surface area contributed by atoms with Crippen molar-refractivity contribution in [2.24, 2.45) is 0 Å². The Bertz CT molecular complexity index is 760. The molecule has 1 aromatic heterocycles. The maximum atomic E-state index is 6.06. The van der Waals surface area contributed by atoms with E-state index in [0.717, 1.165) is 31.7 Å². The summed E-state index contributed by atoms with van der Waals surface area (Å²) in [7, 11) is 0. The molecule has 0 fully saturated rings. The molecule has 0 saturated heterocycles. The lowest BCUT2D eigenvalue weighted by atomic mass is 10.2. The Morgan fingerprint density at radius 3 is 2.55 bits per heavy atom. The van der Waals surface area contributed by atoms with Crippen LogP contribution in [0.5, 0.6) is 11.5 Å². The number of nitrogens with zero attached hydrogens (tertiary/aromatic N) is 1. The molecular formula is C16H11ClINO. The van der Waals surface area contributed by atoms with E-state index in [1.54, 1.807) is 0 Å². The third-order valence-corrected chi connectivity index (χ3v) is 4.09. The number of para-hydroxylation sites is 2. The summed E-state index contributed by atoms with van der Waals surface area (Å²) < 4.78 is 7.13. The highest BCUT2D eigenvalue weighted by molar-refractivity contribution is 14.1. The van der Waals surface area contributed by atoms with Crippen LogP contribution in [-0.4, -0.2) is 4.98 Å². The molecule has 0 aliphatic heterocycles. The summed E-state index contributed by atoms with van der Waals surface area (Å²) in [6.45, 7) is 0. The van der Waals surface area contributed by atoms with E-state index in [-0.39, 0.29) is 0 Å². The zero-order valence-corrected chi connectivity index (χ0v) is 13.4. The van der Waals surface area contributed by atoms with Gasteiger partial charge in [-0.25, -0.2) is 0 Å². The van der Waals surface area contributed by atoms with Gasteiger partial charge >= 0.3 is 0 Å². The number of benzene rings is 2. The quantitative estimate of drug-likeness (QED) is 0.439. The largest absolute Gasteiger partial charge is 0.455 e. The number of aromatic nitrogens is 1. The van der Waals surface area contributed by atoms with E-state index in [9.17, 15) is 0 Å². The maximum absolute atomic E-state index is 6.06. The van der Waals surface area contributed by atoms with Gasteiger partial charge in [0.25, 0.3) is 0 Å². The highest BCUT2D eigenvalue weighted by Gasteiger charge is 2.08. The highest BCUT2D eigenvalue weighted by Crippen LogP contribution is 2.32. The fourth-order valence-corrected chi connectivity index (χ4v) is 2.63. The van der Waals surface area contributed by atoms with Crippen molar-refractivity contribution >= 4 is 45.1 Å². The van der Waals surface area contributed by atoms with Gasteiger partial charge in [-0.05, 0) is 46.9 Å². The lowest BCUT2D eigenvalue weighted by Crippen LogP contribution is -1.93. The van der Waals surface area contributed by atoms with Gasteiger partial charge in [0.1, 0.15) is 11.5 Å². The summed E-state index contributed by atoms with van der Waals surface area (Å²) in [5.74, 6) is 1.99. The molecule has 0 atom stereocenters. The van der Waals surface area contributed by atoms with Crippen LogP contribution in [0, 0.1) is 3.57 Å². The Labute approximate surface area is 135 Å². The first kappa shape index (κ1) is 13.6. The van der Waals surface area contributed by atoms with Crippen LogP contribution < -0.4 is 4.74 Å². The minimum absolute atomic E-state index is 0.368. The van der Waals surface area contributed by atoms with E-state index in [0.29, 0.717) is 5.88 Å². The topological polar surface area (TPSA) is 22.1 Å².